The Balaban J connectivity index is 2.21. The minimum atomic E-state index is -0.148. The highest BCUT2D eigenvalue weighted by molar-refractivity contribution is 5.56. The van der Waals surface area contributed by atoms with Crippen molar-refractivity contribution >= 4 is 5.69 Å². The summed E-state index contributed by atoms with van der Waals surface area (Å²) < 4.78 is 14.4. The van der Waals surface area contributed by atoms with E-state index in [1.807, 2.05) is 20.0 Å². The SMILES string of the molecule is CNC(C)c1cccc(F)c1N1CCCN(CCO)CC1. The molecule has 2 N–H and O–H groups in total. The van der Waals surface area contributed by atoms with Crippen LogP contribution >= 0.6 is 0 Å². The molecule has 0 amide bonds. The van der Waals surface area contributed by atoms with Crippen LogP contribution < -0.4 is 10.2 Å². The molecule has 1 unspecified atom stereocenters. The van der Waals surface area contributed by atoms with Crippen LogP contribution in [0.15, 0.2) is 18.2 Å². The number of nitrogens with zero attached hydrogens (tertiary/aromatic N) is 2. The van der Waals surface area contributed by atoms with E-state index in [-0.39, 0.29) is 18.5 Å². The molecule has 0 bridgehead atoms. The maximum absolute atomic E-state index is 14.4. The van der Waals surface area contributed by atoms with Crippen molar-refractivity contribution in [3.63, 3.8) is 0 Å². The molecule has 0 radical (unpaired) electrons. The number of β-amino-alcohol motifs (C(OH)–C–C–N with tert-alkyl or cyclic N) is 1. The van der Waals surface area contributed by atoms with Gasteiger partial charge in [-0.25, -0.2) is 4.39 Å². The highest BCUT2D eigenvalue weighted by Gasteiger charge is 2.21. The molecule has 2 rings (SSSR count). The zero-order valence-corrected chi connectivity index (χ0v) is 13.0. The molecule has 5 heteroatoms. The summed E-state index contributed by atoms with van der Waals surface area (Å²) in [4.78, 5) is 4.39. The van der Waals surface area contributed by atoms with Crippen LogP contribution in [0.5, 0.6) is 0 Å². The molecule has 1 heterocycles. The van der Waals surface area contributed by atoms with Crippen LogP contribution in [-0.4, -0.2) is 56.4 Å². The first-order chi connectivity index (χ1) is 10.2. The number of anilines is 1. The third-order valence-corrected chi connectivity index (χ3v) is 4.24. The third kappa shape index (κ3) is 3.93. The van der Waals surface area contributed by atoms with Crippen molar-refractivity contribution in [3.8, 4) is 0 Å². The molecule has 1 aliphatic heterocycles. The van der Waals surface area contributed by atoms with E-state index >= 15 is 0 Å². The van der Waals surface area contributed by atoms with Crippen LogP contribution in [-0.2, 0) is 0 Å². The standard InChI is InChI=1S/C16H26FN3O/c1-13(18-2)14-5-3-6-15(17)16(14)20-8-4-7-19(9-10-20)11-12-21/h3,5-6,13,18,21H,4,7-12H2,1-2H3. The Kier molecular flexibility index (Phi) is 5.96. The molecule has 21 heavy (non-hydrogen) atoms. The molecule has 1 aliphatic rings. The second-order valence-electron chi connectivity index (χ2n) is 5.59. The molecule has 1 aromatic carbocycles. The number of rotatable bonds is 5. The van der Waals surface area contributed by atoms with Crippen LogP contribution in [0.3, 0.4) is 0 Å². The van der Waals surface area contributed by atoms with Crippen molar-refractivity contribution in [2.75, 3.05) is 51.3 Å². The minimum absolute atomic E-state index is 0.118. The van der Waals surface area contributed by atoms with Crippen molar-refractivity contribution in [3.05, 3.63) is 29.6 Å². The number of aliphatic hydroxyl groups is 1. The predicted molar refractivity (Wildman–Crippen MR) is 84.2 cm³/mol. The Morgan fingerprint density at radius 2 is 2.10 bits per heavy atom. The van der Waals surface area contributed by atoms with Gasteiger partial charge < -0.3 is 15.3 Å². The van der Waals surface area contributed by atoms with Gasteiger partial charge in [0.05, 0.1) is 12.3 Å². The summed E-state index contributed by atoms with van der Waals surface area (Å²) in [5.41, 5.74) is 1.73. The van der Waals surface area contributed by atoms with Gasteiger partial charge in [0, 0.05) is 32.2 Å². The molecule has 0 aliphatic carbocycles. The van der Waals surface area contributed by atoms with E-state index in [2.05, 4.69) is 15.1 Å². The van der Waals surface area contributed by atoms with Gasteiger partial charge in [0.1, 0.15) is 5.82 Å². The molecular weight excluding hydrogens is 269 g/mol. The van der Waals surface area contributed by atoms with Crippen molar-refractivity contribution in [1.82, 2.24) is 10.2 Å². The molecule has 0 saturated carbocycles. The highest BCUT2D eigenvalue weighted by Crippen LogP contribution is 2.30. The first-order valence-electron chi connectivity index (χ1n) is 7.71. The molecular formula is C16H26FN3O. The van der Waals surface area contributed by atoms with E-state index in [9.17, 15) is 4.39 Å². The maximum Gasteiger partial charge on any atom is 0.146 e. The van der Waals surface area contributed by atoms with E-state index in [1.165, 1.54) is 6.07 Å². The van der Waals surface area contributed by atoms with Gasteiger partial charge in [-0.3, -0.25) is 4.90 Å². The Morgan fingerprint density at radius 1 is 1.29 bits per heavy atom. The summed E-state index contributed by atoms with van der Waals surface area (Å²) >= 11 is 0. The molecule has 1 saturated heterocycles. The van der Waals surface area contributed by atoms with E-state index in [0.29, 0.717) is 6.54 Å². The van der Waals surface area contributed by atoms with Crippen molar-refractivity contribution in [2.24, 2.45) is 0 Å². The Bertz CT molecular complexity index is 455. The van der Waals surface area contributed by atoms with Crippen LogP contribution in [0, 0.1) is 5.82 Å². The van der Waals surface area contributed by atoms with Crippen LogP contribution in [0.25, 0.3) is 0 Å². The summed E-state index contributed by atoms with van der Waals surface area (Å²) in [6, 6.07) is 5.43. The molecule has 0 spiro atoms. The monoisotopic (exact) mass is 295 g/mol. The number of benzene rings is 1. The lowest BCUT2D eigenvalue weighted by molar-refractivity contribution is 0.204. The zero-order chi connectivity index (χ0) is 15.2. The van der Waals surface area contributed by atoms with Crippen molar-refractivity contribution < 1.29 is 9.50 Å². The molecule has 0 aromatic heterocycles. The quantitative estimate of drug-likeness (QED) is 0.866. The fourth-order valence-electron chi connectivity index (χ4n) is 2.93. The molecule has 1 aromatic rings. The number of aliphatic hydroxyl groups excluding tert-OH is 1. The van der Waals surface area contributed by atoms with Crippen molar-refractivity contribution in [1.29, 1.82) is 0 Å². The number of para-hydroxylation sites is 1. The summed E-state index contributed by atoms with van der Waals surface area (Å²) in [5, 5.41) is 12.3. The molecule has 4 nitrogen and oxygen atoms in total. The van der Waals surface area contributed by atoms with Gasteiger partial charge in [0.2, 0.25) is 0 Å². The van der Waals surface area contributed by atoms with E-state index in [1.54, 1.807) is 6.07 Å². The van der Waals surface area contributed by atoms with Gasteiger partial charge in [0.25, 0.3) is 0 Å². The first kappa shape index (κ1) is 16.2. The maximum atomic E-state index is 14.4. The predicted octanol–water partition coefficient (Wildman–Crippen LogP) is 1.61. The summed E-state index contributed by atoms with van der Waals surface area (Å²) in [7, 11) is 1.89. The van der Waals surface area contributed by atoms with Gasteiger partial charge in [-0.2, -0.15) is 0 Å². The summed E-state index contributed by atoms with van der Waals surface area (Å²) in [5.74, 6) is -0.148. The number of nitrogens with one attached hydrogen (secondary N) is 1. The van der Waals surface area contributed by atoms with Crippen LogP contribution in [0.4, 0.5) is 10.1 Å². The number of halogens is 1. The van der Waals surface area contributed by atoms with E-state index < -0.39 is 0 Å². The zero-order valence-electron chi connectivity index (χ0n) is 13.0. The van der Waals surface area contributed by atoms with Gasteiger partial charge in [-0.05, 0) is 38.6 Å². The number of hydrogen-bond donors (Lipinski definition) is 2. The fraction of sp³-hybridized carbons (Fsp3) is 0.625. The third-order valence-electron chi connectivity index (χ3n) is 4.24. The van der Waals surface area contributed by atoms with Gasteiger partial charge in [0.15, 0.2) is 0 Å². The van der Waals surface area contributed by atoms with Crippen LogP contribution in [0.2, 0.25) is 0 Å². The Hall–Kier alpha value is -1.17. The Morgan fingerprint density at radius 3 is 2.81 bits per heavy atom. The highest BCUT2D eigenvalue weighted by atomic mass is 19.1. The first-order valence-corrected chi connectivity index (χ1v) is 7.71. The average molecular weight is 295 g/mol. The lowest BCUT2D eigenvalue weighted by atomic mass is 10.0. The lowest BCUT2D eigenvalue weighted by Crippen LogP contribution is -2.33. The van der Waals surface area contributed by atoms with Crippen molar-refractivity contribution in [2.45, 2.75) is 19.4 Å². The van der Waals surface area contributed by atoms with Gasteiger partial charge in [-0.15, -0.1) is 0 Å². The molecule has 1 fully saturated rings. The van der Waals surface area contributed by atoms with E-state index in [0.717, 1.165) is 43.9 Å². The topological polar surface area (TPSA) is 38.7 Å². The fourth-order valence-corrected chi connectivity index (χ4v) is 2.93. The lowest BCUT2D eigenvalue weighted by Gasteiger charge is -2.28. The largest absolute Gasteiger partial charge is 0.395 e. The Labute approximate surface area is 126 Å². The summed E-state index contributed by atoms with van der Waals surface area (Å²) in [6.07, 6.45) is 0.988. The second-order valence-corrected chi connectivity index (χ2v) is 5.59. The smallest absolute Gasteiger partial charge is 0.146 e. The summed E-state index contributed by atoms with van der Waals surface area (Å²) in [6.45, 7) is 6.40. The van der Waals surface area contributed by atoms with E-state index in [4.69, 9.17) is 5.11 Å². The normalized spacial score (nSPS) is 18.6. The van der Waals surface area contributed by atoms with Crippen LogP contribution in [0.1, 0.15) is 24.9 Å². The average Bonchev–Trinajstić information content (AvgIpc) is 2.72. The molecule has 118 valence electrons. The number of hydrogen-bond acceptors (Lipinski definition) is 4. The second kappa shape index (κ2) is 7.73. The van der Waals surface area contributed by atoms with Gasteiger partial charge in [-0.1, -0.05) is 12.1 Å². The minimum Gasteiger partial charge on any atom is -0.395 e. The molecule has 1 atom stereocenters. The van der Waals surface area contributed by atoms with Gasteiger partial charge >= 0.3 is 0 Å².